The largest absolute Gasteiger partial charge is 0.271 e. The molecule has 1 aromatic carbocycles. The Hall–Kier alpha value is -0.940. The quantitative estimate of drug-likeness (QED) is 0.654. The van der Waals surface area contributed by atoms with Gasteiger partial charge < -0.3 is 0 Å². The lowest BCUT2D eigenvalue weighted by Crippen LogP contribution is -2.29. The van der Waals surface area contributed by atoms with E-state index in [2.05, 4.69) is 5.43 Å². The summed E-state index contributed by atoms with van der Waals surface area (Å²) >= 11 is 7.45. The monoisotopic (exact) mass is 256 g/mol. The predicted octanol–water partition coefficient (Wildman–Crippen LogP) is 3.09. The van der Waals surface area contributed by atoms with E-state index in [1.165, 1.54) is 17.4 Å². The summed E-state index contributed by atoms with van der Waals surface area (Å²) in [6.07, 6.45) is 0. The van der Waals surface area contributed by atoms with Crippen LogP contribution in [0.4, 0.5) is 4.39 Å². The van der Waals surface area contributed by atoms with Crippen LogP contribution >= 0.6 is 22.9 Å². The molecule has 0 aliphatic heterocycles. The van der Waals surface area contributed by atoms with Crippen molar-refractivity contribution in [1.29, 1.82) is 0 Å². The molecule has 3 N–H and O–H groups in total. The van der Waals surface area contributed by atoms with Crippen LogP contribution in [-0.2, 0) is 0 Å². The molecule has 1 unspecified atom stereocenters. The number of nitrogens with one attached hydrogen (secondary N) is 1. The van der Waals surface area contributed by atoms with Crippen molar-refractivity contribution in [3.05, 3.63) is 57.0 Å². The predicted molar refractivity (Wildman–Crippen MR) is 64.9 cm³/mol. The third-order valence-corrected chi connectivity index (χ3v) is 3.71. The zero-order valence-corrected chi connectivity index (χ0v) is 9.86. The Labute approximate surface area is 102 Å². The Kier molecular flexibility index (Phi) is 3.56. The third kappa shape index (κ3) is 2.10. The van der Waals surface area contributed by atoms with Crippen molar-refractivity contribution < 1.29 is 4.39 Å². The molecule has 1 atom stereocenters. The van der Waals surface area contributed by atoms with E-state index in [1.807, 2.05) is 5.38 Å². The minimum atomic E-state index is -0.409. The molecule has 1 heterocycles. The van der Waals surface area contributed by atoms with Crippen molar-refractivity contribution in [2.45, 2.75) is 6.04 Å². The summed E-state index contributed by atoms with van der Waals surface area (Å²) in [7, 11) is 0. The van der Waals surface area contributed by atoms with Gasteiger partial charge in [-0.2, -0.15) is 0 Å². The molecule has 5 heteroatoms. The summed E-state index contributed by atoms with van der Waals surface area (Å²) in [6.45, 7) is 0. The summed E-state index contributed by atoms with van der Waals surface area (Å²) in [5.41, 5.74) is 3.08. The maximum Gasteiger partial charge on any atom is 0.128 e. The lowest BCUT2D eigenvalue weighted by Gasteiger charge is -2.16. The van der Waals surface area contributed by atoms with E-state index in [0.29, 0.717) is 10.6 Å². The highest BCUT2D eigenvalue weighted by Crippen LogP contribution is 2.33. The zero-order chi connectivity index (χ0) is 11.5. The molecule has 0 aliphatic carbocycles. The molecule has 0 fully saturated rings. The fourth-order valence-electron chi connectivity index (χ4n) is 1.53. The Morgan fingerprint density at radius 2 is 2.06 bits per heavy atom. The maximum atomic E-state index is 13.6. The van der Waals surface area contributed by atoms with E-state index >= 15 is 0 Å². The van der Waals surface area contributed by atoms with Gasteiger partial charge >= 0.3 is 0 Å². The Morgan fingerprint density at radius 3 is 2.62 bits per heavy atom. The van der Waals surface area contributed by atoms with Gasteiger partial charge in [0.25, 0.3) is 0 Å². The standard InChI is InChI=1S/C11H10ClFN2S/c12-8-5-6-16-11(8)10(15-14)7-3-1-2-4-9(7)13/h1-6,10,15H,14H2. The molecule has 0 spiro atoms. The minimum absolute atomic E-state index is 0.296. The van der Waals surface area contributed by atoms with Gasteiger partial charge in [0, 0.05) is 10.4 Å². The highest BCUT2D eigenvalue weighted by Gasteiger charge is 2.19. The summed E-state index contributed by atoms with van der Waals surface area (Å²) < 4.78 is 13.6. The molecular formula is C11H10ClFN2S. The summed E-state index contributed by atoms with van der Waals surface area (Å²) in [5.74, 6) is 5.17. The number of rotatable bonds is 3. The van der Waals surface area contributed by atoms with Crippen LogP contribution in [0.2, 0.25) is 5.02 Å². The number of hydrogen-bond acceptors (Lipinski definition) is 3. The first-order valence-electron chi connectivity index (χ1n) is 4.67. The summed E-state index contributed by atoms with van der Waals surface area (Å²) in [4.78, 5) is 0.814. The lowest BCUT2D eigenvalue weighted by atomic mass is 10.1. The summed E-state index contributed by atoms with van der Waals surface area (Å²) in [6, 6.07) is 7.87. The van der Waals surface area contributed by atoms with E-state index in [1.54, 1.807) is 24.3 Å². The average Bonchev–Trinajstić information content (AvgIpc) is 2.69. The second-order valence-corrected chi connectivity index (χ2v) is 4.61. The number of nitrogens with two attached hydrogens (primary N) is 1. The number of hydrazine groups is 1. The average molecular weight is 257 g/mol. The van der Waals surface area contributed by atoms with E-state index in [4.69, 9.17) is 17.4 Å². The van der Waals surface area contributed by atoms with Crippen molar-refractivity contribution in [1.82, 2.24) is 5.43 Å². The van der Waals surface area contributed by atoms with Crippen LogP contribution in [0.5, 0.6) is 0 Å². The third-order valence-electron chi connectivity index (χ3n) is 2.29. The van der Waals surface area contributed by atoms with Gasteiger partial charge in [0.2, 0.25) is 0 Å². The van der Waals surface area contributed by atoms with Gasteiger partial charge in [-0.15, -0.1) is 11.3 Å². The second kappa shape index (κ2) is 4.93. The van der Waals surface area contributed by atoms with E-state index in [9.17, 15) is 4.39 Å². The SMILES string of the molecule is NNC(c1ccccc1F)c1sccc1Cl. The van der Waals surface area contributed by atoms with Gasteiger partial charge in [0.05, 0.1) is 11.1 Å². The van der Waals surface area contributed by atoms with Crippen LogP contribution in [0.15, 0.2) is 35.7 Å². The van der Waals surface area contributed by atoms with Gasteiger partial charge in [-0.25, -0.2) is 9.82 Å². The van der Waals surface area contributed by atoms with Gasteiger partial charge in [0.1, 0.15) is 5.82 Å². The first-order chi connectivity index (χ1) is 7.74. The Bertz CT molecular complexity index is 486. The van der Waals surface area contributed by atoms with Crippen LogP contribution in [0.25, 0.3) is 0 Å². The highest BCUT2D eigenvalue weighted by atomic mass is 35.5. The molecule has 0 saturated carbocycles. The maximum absolute atomic E-state index is 13.6. The van der Waals surface area contributed by atoms with Gasteiger partial charge in [-0.3, -0.25) is 5.84 Å². The van der Waals surface area contributed by atoms with Gasteiger partial charge in [-0.05, 0) is 17.5 Å². The van der Waals surface area contributed by atoms with Crippen LogP contribution < -0.4 is 11.3 Å². The number of thiophene rings is 1. The molecule has 0 amide bonds. The Balaban J connectivity index is 2.45. The highest BCUT2D eigenvalue weighted by molar-refractivity contribution is 7.10. The van der Waals surface area contributed by atoms with Crippen molar-refractivity contribution in [3.8, 4) is 0 Å². The topological polar surface area (TPSA) is 38.0 Å². The molecule has 2 aromatic rings. The first kappa shape index (κ1) is 11.5. The van der Waals surface area contributed by atoms with E-state index in [0.717, 1.165) is 4.88 Å². The lowest BCUT2D eigenvalue weighted by molar-refractivity contribution is 0.564. The smallest absolute Gasteiger partial charge is 0.128 e. The van der Waals surface area contributed by atoms with Crippen molar-refractivity contribution >= 4 is 22.9 Å². The molecular weight excluding hydrogens is 247 g/mol. The molecule has 84 valence electrons. The first-order valence-corrected chi connectivity index (χ1v) is 5.93. The van der Waals surface area contributed by atoms with E-state index < -0.39 is 6.04 Å². The van der Waals surface area contributed by atoms with Crippen molar-refractivity contribution in [2.75, 3.05) is 0 Å². The molecule has 0 aliphatic rings. The molecule has 0 radical (unpaired) electrons. The fraction of sp³-hybridized carbons (Fsp3) is 0.0909. The number of hydrogen-bond donors (Lipinski definition) is 2. The molecule has 2 rings (SSSR count). The van der Waals surface area contributed by atoms with E-state index in [-0.39, 0.29) is 5.82 Å². The van der Waals surface area contributed by atoms with Crippen LogP contribution in [0.3, 0.4) is 0 Å². The molecule has 16 heavy (non-hydrogen) atoms. The number of halogens is 2. The van der Waals surface area contributed by atoms with Gasteiger partial charge in [-0.1, -0.05) is 29.8 Å². The molecule has 1 aromatic heterocycles. The fourth-order valence-corrected chi connectivity index (χ4v) is 2.77. The van der Waals surface area contributed by atoms with Crippen LogP contribution in [0.1, 0.15) is 16.5 Å². The Morgan fingerprint density at radius 1 is 1.31 bits per heavy atom. The zero-order valence-electron chi connectivity index (χ0n) is 8.28. The normalized spacial score (nSPS) is 12.7. The van der Waals surface area contributed by atoms with Gasteiger partial charge in [0.15, 0.2) is 0 Å². The van der Waals surface area contributed by atoms with Crippen LogP contribution in [-0.4, -0.2) is 0 Å². The molecule has 2 nitrogen and oxygen atoms in total. The minimum Gasteiger partial charge on any atom is -0.271 e. The van der Waals surface area contributed by atoms with Crippen molar-refractivity contribution in [2.24, 2.45) is 5.84 Å². The molecule has 0 bridgehead atoms. The second-order valence-electron chi connectivity index (χ2n) is 3.25. The number of benzene rings is 1. The van der Waals surface area contributed by atoms with Crippen LogP contribution in [0, 0.1) is 5.82 Å². The summed E-state index contributed by atoms with van der Waals surface area (Å²) in [5, 5.41) is 2.44. The van der Waals surface area contributed by atoms with Crippen molar-refractivity contribution in [3.63, 3.8) is 0 Å². The molecule has 0 saturated heterocycles.